The molecule has 0 saturated heterocycles. The van der Waals surface area contributed by atoms with Gasteiger partial charge in [0.15, 0.2) is 5.84 Å². The van der Waals surface area contributed by atoms with E-state index in [1.165, 1.54) is 11.3 Å². The van der Waals surface area contributed by atoms with E-state index in [4.69, 9.17) is 9.98 Å². The van der Waals surface area contributed by atoms with Crippen molar-refractivity contribution in [1.82, 2.24) is 4.90 Å². The molecule has 1 aliphatic carbocycles. The third-order valence-corrected chi connectivity index (χ3v) is 4.56. The van der Waals surface area contributed by atoms with Crippen LogP contribution in [0.3, 0.4) is 0 Å². The summed E-state index contributed by atoms with van der Waals surface area (Å²) >= 11 is 0. The molecule has 3 rings (SSSR count). The fraction of sp³-hybridized carbons (Fsp3) is 0.400. The molecule has 0 N–H and O–H groups in total. The smallest absolute Gasteiger partial charge is 0.157 e. The molecule has 0 saturated carbocycles. The van der Waals surface area contributed by atoms with E-state index in [1.807, 2.05) is 14.1 Å². The molecule has 126 valence electrons. The first-order valence-electron chi connectivity index (χ1n) is 8.70. The zero-order valence-electron chi connectivity index (χ0n) is 15.0. The number of benzene rings is 1. The minimum atomic E-state index is 0.183. The first kappa shape index (κ1) is 16.5. The van der Waals surface area contributed by atoms with Crippen LogP contribution in [0, 0.1) is 0 Å². The van der Waals surface area contributed by atoms with E-state index in [2.05, 4.69) is 66.1 Å². The van der Waals surface area contributed by atoms with E-state index in [9.17, 15) is 0 Å². The van der Waals surface area contributed by atoms with Gasteiger partial charge in [-0.15, -0.1) is 0 Å². The summed E-state index contributed by atoms with van der Waals surface area (Å²) in [6.45, 7) is 6.39. The minimum Gasteiger partial charge on any atom is -0.372 e. The highest BCUT2D eigenvalue weighted by Crippen LogP contribution is 2.25. The predicted molar refractivity (Wildman–Crippen MR) is 103 cm³/mol. The van der Waals surface area contributed by atoms with E-state index in [0.717, 1.165) is 36.7 Å². The molecule has 0 amide bonds. The largest absolute Gasteiger partial charge is 0.372 e. The van der Waals surface area contributed by atoms with E-state index >= 15 is 0 Å². The van der Waals surface area contributed by atoms with Crippen molar-refractivity contribution in [3.8, 4) is 0 Å². The minimum absolute atomic E-state index is 0.183. The lowest BCUT2D eigenvalue weighted by molar-refractivity contribution is 0.608. The Morgan fingerprint density at radius 1 is 1.08 bits per heavy atom. The van der Waals surface area contributed by atoms with Crippen LogP contribution in [0.4, 0.5) is 5.69 Å². The van der Waals surface area contributed by atoms with Gasteiger partial charge in [0.2, 0.25) is 0 Å². The Hall–Kier alpha value is -2.36. The standard InChI is InChI=1S/C20H26N4/c1-5-24(6-2)16-13-11-15(12-14-16)19-21-18-10-8-7-9-17(18)20(22-19)23(3)4/h7-9,11-14,18H,5-6,10H2,1-4H3. The summed E-state index contributed by atoms with van der Waals surface area (Å²) in [6, 6.07) is 8.79. The van der Waals surface area contributed by atoms with Gasteiger partial charge in [-0.05, 0) is 44.5 Å². The van der Waals surface area contributed by atoms with Gasteiger partial charge in [0.1, 0.15) is 5.84 Å². The second kappa shape index (κ2) is 7.04. The van der Waals surface area contributed by atoms with E-state index in [1.54, 1.807) is 0 Å². The first-order valence-corrected chi connectivity index (χ1v) is 8.70. The predicted octanol–water partition coefficient (Wildman–Crippen LogP) is 3.51. The number of hydrogen-bond acceptors (Lipinski definition) is 4. The van der Waals surface area contributed by atoms with Crippen molar-refractivity contribution >= 4 is 17.4 Å². The second-order valence-corrected chi connectivity index (χ2v) is 6.30. The number of amidine groups is 2. The molecule has 0 bridgehead atoms. The van der Waals surface area contributed by atoms with Gasteiger partial charge in [-0.25, -0.2) is 4.99 Å². The van der Waals surface area contributed by atoms with Crippen molar-refractivity contribution in [2.75, 3.05) is 32.1 Å². The van der Waals surface area contributed by atoms with E-state index in [-0.39, 0.29) is 6.04 Å². The van der Waals surface area contributed by atoms with E-state index in [0.29, 0.717) is 0 Å². The maximum absolute atomic E-state index is 4.89. The maximum atomic E-state index is 4.89. The summed E-state index contributed by atoms with van der Waals surface area (Å²) in [6.07, 6.45) is 7.36. The van der Waals surface area contributed by atoms with Crippen molar-refractivity contribution in [2.24, 2.45) is 9.98 Å². The van der Waals surface area contributed by atoms with Gasteiger partial charge in [0.25, 0.3) is 0 Å². The number of anilines is 1. The third kappa shape index (κ3) is 3.14. The number of nitrogens with zero attached hydrogens (tertiary/aromatic N) is 4. The highest BCUT2D eigenvalue weighted by molar-refractivity contribution is 6.14. The van der Waals surface area contributed by atoms with Crippen LogP contribution in [0.5, 0.6) is 0 Å². The Morgan fingerprint density at radius 3 is 2.42 bits per heavy atom. The Bertz CT molecular complexity index is 704. The van der Waals surface area contributed by atoms with Gasteiger partial charge in [-0.1, -0.05) is 18.2 Å². The van der Waals surface area contributed by atoms with Gasteiger partial charge >= 0.3 is 0 Å². The molecule has 1 aromatic carbocycles. The summed E-state index contributed by atoms with van der Waals surface area (Å²) in [4.78, 5) is 14.1. The van der Waals surface area contributed by atoms with Crippen molar-refractivity contribution in [2.45, 2.75) is 26.3 Å². The number of aliphatic imine (C=N–C) groups is 2. The Labute approximate surface area is 144 Å². The fourth-order valence-electron chi connectivity index (χ4n) is 3.21. The lowest BCUT2D eigenvalue weighted by Gasteiger charge is -2.28. The lowest BCUT2D eigenvalue weighted by atomic mass is 9.96. The number of rotatable bonds is 4. The Morgan fingerprint density at radius 2 is 1.79 bits per heavy atom. The Kier molecular flexibility index (Phi) is 4.84. The second-order valence-electron chi connectivity index (χ2n) is 6.30. The van der Waals surface area contributed by atoms with Crippen LogP contribution in [-0.4, -0.2) is 49.8 Å². The summed E-state index contributed by atoms with van der Waals surface area (Å²) in [5.74, 6) is 1.85. The average molecular weight is 322 g/mol. The molecule has 1 aliphatic heterocycles. The number of allylic oxidation sites excluding steroid dienone is 2. The van der Waals surface area contributed by atoms with Crippen LogP contribution in [-0.2, 0) is 0 Å². The summed E-state index contributed by atoms with van der Waals surface area (Å²) in [7, 11) is 4.09. The molecule has 4 nitrogen and oxygen atoms in total. The molecule has 4 heteroatoms. The lowest BCUT2D eigenvalue weighted by Crippen LogP contribution is -2.34. The zero-order valence-corrected chi connectivity index (χ0v) is 15.0. The van der Waals surface area contributed by atoms with Crippen LogP contribution < -0.4 is 4.90 Å². The fourth-order valence-corrected chi connectivity index (χ4v) is 3.21. The quantitative estimate of drug-likeness (QED) is 0.849. The van der Waals surface area contributed by atoms with Crippen molar-refractivity contribution in [1.29, 1.82) is 0 Å². The molecular formula is C20H26N4. The third-order valence-electron chi connectivity index (χ3n) is 4.56. The van der Waals surface area contributed by atoms with E-state index < -0.39 is 0 Å². The summed E-state index contributed by atoms with van der Waals surface area (Å²) in [5, 5.41) is 0. The molecule has 1 aromatic rings. The molecule has 1 heterocycles. The van der Waals surface area contributed by atoms with Crippen LogP contribution in [0.2, 0.25) is 0 Å². The van der Waals surface area contributed by atoms with Gasteiger partial charge < -0.3 is 9.80 Å². The average Bonchev–Trinajstić information content (AvgIpc) is 2.62. The molecule has 0 radical (unpaired) electrons. The first-order chi connectivity index (χ1) is 11.6. The van der Waals surface area contributed by atoms with Crippen LogP contribution in [0.1, 0.15) is 25.8 Å². The van der Waals surface area contributed by atoms with Gasteiger partial charge in [-0.2, -0.15) is 0 Å². The van der Waals surface area contributed by atoms with Gasteiger partial charge in [0, 0.05) is 44.0 Å². The van der Waals surface area contributed by atoms with Crippen molar-refractivity contribution in [3.05, 3.63) is 53.6 Å². The van der Waals surface area contributed by atoms with Crippen molar-refractivity contribution in [3.63, 3.8) is 0 Å². The van der Waals surface area contributed by atoms with Gasteiger partial charge in [-0.3, -0.25) is 4.99 Å². The van der Waals surface area contributed by atoms with Crippen molar-refractivity contribution < 1.29 is 0 Å². The molecule has 2 aliphatic rings. The zero-order chi connectivity index (χ0) is 17.1. The molecular weight excluding hydrogens is 296 g/mol. The topological polar surface area (TPSA) is 31.2 Å². The summed E-state index contributed by atoms with van der Waals surface area (Å²) in [5.41, 5.74) is 3.54. The Balaban J connectivity index is 1.93. The highest BCUT2D eigenvalue weighted by Gasteiger charge is 2.26. The van der Waals surface area contributed by atoms with Crippen LogP contribution in [0.15, 0.2) is 58.1 Å². The molecule has 0 fully saturated rings. The number of fused-ring (bicyclic) bond motifs is 1. The normalized spacial score (nSPS) is 19.2. The molecule has 0 spiro atoms. The monoisotopic (exact) mass is 322 g/mol. The van der Waals surface area contributed by atoms with Crippen LogP contribution in [0.25, 0.3) is 0 Å². The molecule has 1 unspecified atom stereocenters. The maximum Gasteiger partial charge on any atom is 0.157 e. The number of hydrogen-bond donors (Lipinski definition) is 0. The van der Waals surface area contributed by atoms with Gasteiger partial charge in [0.05, 0.1) is 6.04 Å². The number of likely N-dealkylation sites (N-methyl/N-ethyl adjacent to an activating group) is 1. The SMILES string of the molecule is CCN(CC)c1ccc(C2=NC3CC=CC=C3C(N(C)C)=N2)cc1. The molecule has 24 heavy (non-hydrogen) atoms. The van der Waals surface area contributed by atoms with Crippen LogP contribution >= 0.6 is 0 Å². The highest BCUT2D eigenvalue weighted by atomic mass is 15.2. The summed E-state index contributed by atoms with van der Waals surface area (Å²) < 4.78 is 0. The molecule has 1 atom stereocenters. The molecule has 0 aromatic heterocycles.